The molecule has 1 amide bonds. The average molecular weight is 445 g/mol. The largest absolute Gasteiger partial charge is 0.484 e. The Balaban J connectivity index is 1.73. The van der Waals surface area contributed by atoms with E-state index in [0.29, 0.717) is 5.00 Å². The molecule has 2 N–H and O–H groups in total. The predicted molar refractivity (Wildman–Crippen MR) is 113 cm³/mol. The number of fused-ring (bicyclic) bond motifs is 1. The molecule has 9 heteroatoms. The van der Waals surface area contributed by atoms with Crippen molar-refractivity contribution in [2.75, 3.05) is 0 Å². The van der Waals surface area contributed by atoms with Gasteiger partial charge >= 0.3 is 6.18 Å². The zero-order valence-electron chi connectivity index (χ0n) is 16.6. The Labute approximate surface area is 179 Å². The maximum absolute atomic E-state index is 13.4. The van der Waals surface area contributed by atoms with Crippen molar-refractivity contribution < 1.29 is 22.7 Å². The molecule has 160 valence electrons. The molecular weight excluding hydrogens is 427 g/mol. The number of hydrogen-bond acceptors (Lipinski definition) is 4. The molecule has 1 unspecified atom stereocenters. The summed E-state index contributed by atoms with van der Waals surface area (Å²) in [7, 11) is 0. The molecule has 4 aromatic rings. The van der Waals surface area contributed by atoms with Crippen molar-refractivity contribution in [3.05, 3.63) is 76.4 Å². The Morgan fingerprint density at radius 2 is 1.94 bits per heavy atom. The minimum atomic E-state index is -4.52. The number of halogens is 3. The van der Waals surface area contributed by atoms with Gasteiger partial charge in [-0.25, -0.2) is 4.98 Å². The highest BCUT2D eigenvalue weighted by Crippen LogP contribution is 2.39. The number of carbonyl (C=O) groups excluding carboxylic acids is 1. The van der Waals surface area contributed by atoms with Crippen LogP contribution < -0.4 is 10.5 Å². The van der Waals surface area contributed by atoms with Gasteiger partial charge in [0.2, 0.25) is 0 Å². The van der Waals surface area contributed by atoms with Gasteiger partial charge in [-0.2, -0.15) is 13.2 Å². The third-order valence-corrected chi connectivity index (χ3v) is 5.99. The van der Waals surface area contributed by atoms with E-state index in [1.165, 1.54) is 25.1 Å². The van der Waals surface area contributed by atoms with Gasteiger partial charge in [-0.05, 0) is 37.6 Å². The van der Waals surface area contributed by atoms with Crippen molar-refractivity contribution in [2.45, 2.75) is 26.1 Å². The molecule has 0 spiro atoms. The Hall–Kier alpha value is -3.33. The number of primary amides is 1. The number of benzene rings is 2. The van der Waals surface area contributed by atoms with Crippen LogP contribution in [0.5, 0.6) is 5.75 Å². The van der Waals surface area contributed by atoms with E-state index in [9.17, 15) is 18.0 Å². The number of aromatic nitrogens is 2. The number of amides is 1. The molecule has 0 aliphatic rings. The fourth-order valence-corrected chi connectivity index (χ4v) is 4.33. The van der Waals surface area contributed by atoms with Crippen LogP contribution in [0.15, 0.2) is 54.9 Å². The molecule has 0 radical (unpaired) electrons. The van der Waals surface area contributed by atoms with Gasteiger partial charge in [0.25, 0.3) is 5.91 Å². The Bertz CT molecular complexity index is 1280. The molecule has 1 atom stereocenters. The van der Waals surface area contributed by atoms with Crippen molar-refractivity contribution in [2.24, 2.45) is 5.73 Å². The Morgan fingerprint density at radius 3 is 2.65 bits per heavy atom. The van der Waals surface area contributed by atoms with Gasteiger partial charge in [0.1, 0.15) is 28.1 Å². The summed E-state index contributed by atoms with van der Waals surface area (Å²) in [6.07, 6.45) is -3.86. The molecule has 0 aliphatic heterocycles. The van der Waals surface area contributed by atoms with Gasteiger partial charge in [-0.1, -0.05) is 24.3 Å². The third-order valence-electron chi connectivity index (χ3n) is 4.86. The first-order chi connectivity index (χ1) is 14.6. The van der Waals surface area contributed by atoms with Gasteiger partial charge in [0, 0.05) is 11.6 Å². The number of ether oxygens (including phenoxy) is 1. The molecule has 0 fully saturated rings. The number of alkyl halides is 3. The molecule has 0 aliphatic carbocycles. The summed E-state index contributed by atoms with van der Waals surface area (Å²) in [6, 6.07) is 12.6. The van der Waals surface area contributed by atoms with Gasteiger partial charge in [-0.3, -0.25) is 9.36 Å². The van der Waals surface area contributed by atoms with Crippen LogP contribution in [0.2, 0.25) is 0 Å². The highest BCUT2D eigenvalue weighted by Gasteiger charge is 2.35. The van der Waals surface area contributed by atoms with E-state index in [1.54, 1.807) is 17.0 Å². The number of imidazole rings is 1. The third kappa shape index (κ3) is 4.00. The van der Waals surface area contributed by atoms with E-state index in [1.807, 2.05) is 25.1 Å². The summed E-state index contributed by atoms with van der Waals surface area (Å²) in [5.74, 6) is -0.589. The standard InChI is InChI=1S/C22H18F3N3O2S/c1-12-7-8-17-16(9-12)27-11-28(17)19-10-18(20(31-19)21(26)29)30-13(2)14-5-3-4-6-15(14)22(23,24)25/h3-11,13H,1-2H3,(H2,26,29). The lowest BCUT2D eigenvalue weighted by Gasteiger charge is -2.19. The lowest BCUT2D eigenvalue weighted by Crippen LogP contribution is -2.15. The van der Waals surface area contributed by atoms with E-state index in [0.717, 1.165) is 34.0 Å². The maximum atomic E-state index is 13.4. The zero-order chi connectivity index (χ0) is 22.3. The van der Waals surface area contributed by atoms with Crippen molar-refractivity contribution >= 4 is 28.3 Å². The second-order valence-corrected chi connectivity index (χ2v) is 8.12. The smallest absolute Gasteiger partial charge is 0.416 e. The second-order valence-electron chi connectivity index (χ2n) is 7.09. The first-order valence-electron chi connectivity index (χ1n) is 9.35. The van der Waals surface area contributed by atoms with Gasteiger partial charge in [-0.15, -0.1) is 11.3 Å². The van der Waals surface area contributed by atoms with Crippen LogP contribution in [0.25, 0.3) is 16.0 Å². The van der Waals surface area contributed by atoms with Crippen LogP contribution in [-0.2, 0) is 6.18 Å². The van der Waals surface area contributed by atoms with E-state index in [2.05, 4.69) is 4.98 Å². The lowest BCUT2D eigenvalue weighted by molar-refractivity contribution is -0.138. The minimum absolute atomic E-state index is 0.0262. The van der Waals surface area contributed by atoms with Crippen molar-refractivity contribution in [1.29, 1.82) is 0 Å². The molecule has 0 saturated heterocycles. The van der Waals surface area contributed by atoms with E-state index < -0.39 is 23.8 Å². The van der Waals surface area contributed by atoms with Gasteiger partial charge < -0.3 is 10.5 Å². The average Bonchev–Trinajstić information content (AvgIpc) is 3.31. The molecule has 2 aromatic carbocycles. The normalized spacial score (nSPS) is 12.8. The van der Waals surface area contributed by atoms with Crippen LogP contribution >= 0.6 is 11.3 Å². The van der Waals surface area contributed by atoms with Crippen LogP contribution in [0.3, 0.4) is 0 Å². The first kappa shape index (κ1) is 20.9. The van der Waals surface area contributed by atoms with Gasteiger partial charge in [0.05, 0.1) is 16.6 Å². The van der Waals surface area contributed by atoms with Crippen molar-refractivity contribution in [3.63, 3.8) is 0 Å². The summed E-state index contributed by atoms with van der Waals surface area (Å²) < 4.78 is 47.8. The molecule has 4 rings (SSSR count). The fraction of sp³-hybridized carbons (Fsp3) is 0.182. The molecule has 2 aromatic heterocycles. The summed E-state index contributed by atoms with van der Waals surface area (Å²) in [5.41, 5.74) is 7.37. The predicted octanol–water partition coefficient (Wildman–Crippen LogP) is 5.65. The number of thiophene rings is 1. The highest BCUT2D eigenvalue weighted by atomic mass is 32.1. The molecular formula is C22H18F3N3O2S. The van der Waals surface area contributed by atoms with Crippen molar-refractivity contribution in [1.82, 2.24) is 9.55 Å². The number of carbonyl (C=O) groups is 1. The number of nitrogens with two attached hydrogens (primary N) is 1. The molecule has 0 bridgehead atoms. The quantitative estimate of drug-likeness (QED) is 0.431. The minimum Gasteiger partial charge on any atom is -0.484 e. The highest BCUT2D eigenvalue weighted by molar-refractivity contribution is 7.16. The second kappa shape index (κ2) is 7.73. The summed E-state index contributed by atoms with van der Waals surface area (Å²) in [4.78, 5) is 16.5. The number of hydrogen-bond donors (Lipinski definition) is 1. The van der Waals surface area contributed by atoms with Gasteiger partial charge in [0.15, 0.2) is 0 Å². The summed E-state index contributed by atoms with van der Waals surface area (Å²) in [5, 5.41) is 0.617. The Morgan fingerprint density at radius 1 is 1.19 bits per heavy atom. The van der Waals surface area contributed by atoms with Crippen LogP contribution in [-0.4, -0.2) is 15.5 Å². The van der Waals surface area contributed by atoms with Crippen molar-refractivity contribution in [3.8, 4) is 10.8 Å². The van der Waals surface area contributed by atoms with E-state index in [4.69, 9.17) is 10.5 Å². The molecule has 2 heterocycles. The summed E-state index contributed by atoms with van der Waals surface area (Å²) >= 11 is 1.09. The maximum Gasteiger partial charge on any atom is 0.416 e. The monoisotopic (exact) mass is 445 g/mol. The first-order valence-corrected chi connectivity index (χ1v) is 10.2. The van der Waals surface area contributed by atoms with E-state index in [-0.39, 0.29) is 16.2 Å². The van der Waals surface area contributed by atoms with Crippen LogP contribution in [0.1, 0.15) is 39.4 Å². The van der Waals surface area contributed by atoms with Crippen LogP contribution in [0, 0.1) is 6.92 Å². The lowest BCUT2D eigenvalue weighted by atomic mass is 10.0. The molecule has 0 saturated carbocycles. The number of rotatable bonds is 5. The van der Waals surface area contributed by atoms with E-state index >= 15 is 0 Å². The fourth-order valence-electron chi connectivity index (χ4n) is 3.40. The summed E-state index contributed by atoms with van der Waals surface area (Å²) in [6.45, 7) is 3.46. The van der Waals surface area contributed by atoms with Crippen LogP contribution in [0.4, 0.5) is 13.2 Å². The zero-order valence-corrected chi connectivity index (χ0v) is 17.4. The number of aryl methyl sites for hydroxylation is 1. The topological polar surface area (TPSA) is 70.1 Å². The Kier molecular flexibility index (Phi) is 5.22. The molecule has 31 heavy (non-hydrogen) atoms. The SMILES string of the molecule is Cc1ccc2c(c1)ncn2-c1cc(OC(C)c2ccccc2C(F)(F)F)c(C(N)=O)s1. The molecule has 5 nitrogen and oxygen atoms in total. The number of nitrogens with zero attached hydrogens (tertiary/aromatic N) is 2.